The SMILES string of the molecule is CN1CCc2c(n(C=Cc3ccc(F)cc3)c3ccc(Cl)cc23)CC1. The summed E-state index contributed by atoms with van der Waals surface area (Å²) in [7, 11) is 2.17. The minimum atomic E-state index is -0.213. The lowest BCUT2D eigenvalue weighted by Crippen LogP contribution is -2.21. The molecule has 4 heteroatoms. The molecule has 0 spiro atoms. The van der Waals surface area contributed by atoms with Crippen molar-refractivity contribution in [3.8, 4) is 0 Å². The van der Waals surface area contributed by atoms with Crippen LogP contribution in [-0.2, 0) is 12.8 Å². The molecule has 0 unspecified atom stereocenters. The van der Waals surface area contributed by atoms with Crippen LogP contribution in [0.15, 0.2) is 42.5 Å². The van der Waals surface area contributed by atoms with Gasteiger partial charge in [-0.25, -0.2) is 4.39 Å². The number of rotatable bonds is 2. The average Bonchev–Trinajstić information content (AvgIpc) is 2.75. The summed E-state index contributed by atoms with van der Waals surface area (Å²) in [6.07, 6.45) is 6.15. The predicted molar refractivity (Wildman–Crippen MR) is 103 cm³/mol. The van der Waals surface area contributed by atoms with Crippen LogP contribution in [0.25, 0.3) is 23.2 Å². The van der Waals surface area contributed by atoms with Crippen molar-refractivity contribution in [2.24, 2.45) is 0 Å². The van der Waals surface area contributed by atoms with Gasteiger partial charge in [0.05, 0.1) is 5.52 Å². The lowest BCUT2D eigenvalue weighted by molar-refractivity contribution is 0.351. The molecule has 0 radical (unpaired) electrons. The Hall–Kier alpha value is -2.10. The van der Waals surface area contributed by atoms with Gasteiger partial charge in [-0.2, -0.15) is 0 Å². The van der Waals surface area contributed by atoms with Crippen LogP contribution in [0.5, 0.6) is 0 Å². The van der Waals surface area contributed by atoms with Gasteiger partial charge in [-0.15, -0.1) is 0 Å². The smallest absolute Gasteiger partial charge is 0.123 e. The molecule has 1 aromatic heterocycles. The van der Waals surface area contributed by atoms with Crippen LogP contribution in [0.3, 0.4) is 0 Å². The zero-order chi connectivity index (χ0) is 17.4. The lowest BCUT2D eigenvalue weighted by Gasteiger charge is -2.12. The zero-order valence-electron chi connectivity index (χ0n) is 14.2. The summed E-state index contributed by atoms with van der Waals surface area (Å²) in [5.74, 6) is -0.213. The number of hydrogen-bond donors (Lipinski definition) is 0. The highest BCUT2D eigenvalue weighted by atomic mass is 35.5. The van der Waals surface area contributed by atoms with Crippen molar-refractivity contribution in [2.45, 2.75) is 12.8 Å². The van der Waals surface area contributed by atoms with Crippen molar-refractivity contribution >= 4 is 34.8 Å². The summed E-state index contributed by atoms with van der Waals surface area (Å²) >= 11 is 6.25. The van der Waals surface area contributed by atoms with E-state index in [1.54, 1.807) is 12.1 Å². The van der Waals surface area contributed by atoms with Crippen LogP contribution in [0, 0.1) is 5.82 Å². The molecule has 2 aromatic carbocycles. The van der Waals surface area contributed by atoms with E-state index in [4.69, 9.17) is 11.6 Å². The summed E-state index contributed by atoms with van der Waals surface area (Å²) in [4.78, 5) is 2.37. The van der Waals surface area contributed by atoms with Gasteiger partial charge in [0, 0.05) is 41.8 Å². The Morgan fingerprint density at radius 2 is 1.80 bits per heavy atom. The van der Waals surface area contributed by atoms with Crippen LogP contribution < -0.4 is 0 Å². The van der Waals surface area contributed by atoms with E-state index >= 15 is 0 Å². The molecule has 2 heterocycles. The molecule has 4 rings (SSSR count). The normalized spacial score (nSPS) is 15.6. The Kier molecular flexibility index (Phi) is 4.36. The van der Waals surface area contributed by atoms with Gasteiger partial charge in [0.2, 0.25) is 0 Å². The molecule has 0 fully saturated rings. The van der Waals surface area contributed by atoms with Crippen molar-refractivity contribution < 1.29 is 4.39 Å². The van der Waals surface area contributed by atoms with Crippen molar-refractivity contribution in [1.29, 1.82) is 0 Å². The van der Waals surface area contributed by atoms with Gasteiger partial charge in [0.1, 0.15) is 5.82 Å². The Balaban J connectivity index is 1.83. The summed E-state index contributed by atoms with van der Waals surface area (Å²) < 4.78 is 15.4. The maximum atomic E-state index is 13.1. The number of fused-ring (bicyclic) bond motifs is 3. The van der Waals surface area contributed by atoms with Gasteiger partial charge in [0.25, 0.3) is 0 Å². The topological polar surface area (TPSA) is 8.17 Å². The van der Waals surface area contributed by atoms with Gasteiger partial charge >= 0.3 is 0 Å². The van der Waals surface area contributed by atoms with Crippen molar-refractivity contribution in [3.05, 3.63) is 70.1 Å². The molecular formula is C21H20ClFN2. The largest absolute Gasteiger partial charge is 0.320 e. The second-order valence-corrected chi connectivity index (χ2v) is 7.06. The van der Waals surface area contributed by atoms with Gasteiger partial charge < -0.3 is 9.47 Å². The van der Waals surface area contributed by atoms with E-state index in [0.29, 0.717) is 0 Å². The summed E-state index contributed by atoms with van der Waals surface area (Å²) in [6.45, 7) is 2.10. The van der Waals surface area contributed by atoms with Crippen LogP contribution >= 0.6 is 11.6 Å². The fourth-order valence-electron chi connectivity index (χ4n) is 3.57. The second kappa shape index (κ2) is 6.66. The maximum absolute atomic E-state index is 13.1. The number of nitrogens with zero attached hydrogens (tertiary/aromatic N) is 2. The van der Waals surface area contributed by atoms with Crippen LogP contribution in [0.2, 0.25) is 5.02 Å². The van der Waals surface area contributed by atoms with E-state index in [1.807, 2.05) is 12.1 Å². The highest BCUT2D eigenvalue weighted by molar-refractivity contribution is 6.31. The average molecular weight is 355 g/mol. The van der Waals surface area contributed by atoms with Gasteiger partial charge in [-0.3, -0.25) is 0 Å². The monoisotopic (exact) mass is 354 g/mol. The summed E-state index contributed by atoms with van der Waals surface area (Å²) in [5.41, 5.74) is 4.90. The first-order valence-electron chi connectivity index (χ1n) is 8.55. The molecule has 0 aliphatic carbocycles. The first kappa shape index (κ1) is 16.4. The van der Waals surface area contributed by atoms with E-state index in [9.17, 15) is 4.39 Å². The highest BCUT2D eigenvalue weighted by Gasteiger charge is 2.19. The third kappa shape index (κ3) is 3.22. The van der Waals surface area contributed by atoms with Gasteiger partial charge in [-0.1, -0.05) is 23.7 Å². The number of hydrogen-bond acceptors (Lipinski definition) is 1. The Morgan fingerprint density at radius 3 is 2.60 bits per heavy atom. The number of benzene rings is 2. The van der Waals surface area contributed by atoms with Gasteiger partial charge in [0.15, 0.2) is 0 Å². The molecule has 128 valence electrons. The van der Waals surface area contributed by atoms with Crippen LogP contribution in [0.4, 0.5) is 4.39 Å². The van der Waals surface area contributed by atoms with Crippen molar-refractivity contribution in [2.75, 3.05) is 20.1 Å². The maximum Gasteiger partial charge on any atom is 0.123 e. The third-order valence-corrected chi connectivity index (χ3v) is 5.18. The van der Waals surface area contributed by atoms with Crippen LogP contribution in [0.1, 0.15) is 16.8 Å². The second-order valence-electron chi connectivity index (χ2n) is 6.63. The van der Waals surface area contributed by atoms with E-state index < -0.39 is 0 Å². The van der Waals surface area contributed by atoms with E-state index in [0.717, 1.165) is 36.5 Å². The first-order valence-corrected chi connectivity index (χ1v) is 8.93. The molecule has 0 atom stereocenters. The quantitative estimate of drug-likeness (QED) is 0.622. The molecule has 0 saturated heterocycles. The lowest BCUT2D eigenvalue weighted by atomic mass is 10.1. The number of halogens is 2. The van der Waals surface area contributed by atoms with Crippen molar-refractivity contribution in [3.63, 3.8) is 0 Å². The molecule has 3 aromatic rings. The van der Waals surface area contributed by atoms with E-state index in [1.165, 1.54) is 34.3 Å². The van der Waals surface area contributed by atoms with Crippen LogP contribution in [-0.4, -0.2) is 29.6 Å². The molecular weight excluding hydrogens is 335 g/mol. The Bertz CT molecular complexity index is 941. The third-order valence-electron chi connectivity index (χ3n) is 4.94. The highest BCUT2D eigenvalue weighted by Crippen LogP contribution is 2.31. The molecule has 0 N–H and O–H groups in total. The molecule has 0 saturated carbocycles. The summed E-state index contributed by atoms with van der Waals surface area (Å²) in [5, 5.41) is 2.01. The van der Waals surface area contributed by atoms with Gasteiger partial charge in [-0.05, 0) is 61.0 Å². The molecule has 25 heavy (non-hydrogen) atoms. The molecule has 0 amide bonds. The standard InChI is InChI=1S/C21H20ClFN2/c1-24-11-9-18-19-14-16(22)4-7-20(19)25(21(18)10-12-24)13-8-15-2-5-17(23)6-3-15/h2-8,13-14H,9-12H2,1H3. The summed E-state index contributed by atoms with van der Waals surface area (Å²) in [6, 6.07) is 12.7. The minimum Gasteiger partial charge on any atom is -0.320 e. The molecule has 0 bridgehead atoms. The molecule has 1 aliphatic heterocycles. The molecule has 2 nitrogen and oxygen atoms in total. The fourth-order valence-corrected chi connectivity index (χ4v) is 3.74. The van der Waals surface area contributed by atoms with Crippen molar-refractivity contribution in [1.82, 2.24) is 9.47 Å². The van der Waals surface area contributed by atoms with E-state index in [-0.39, 0.29) is 5.82 Å². The predicted octanol–water partition coefficient (Wildman–Crippen LogP) is 5.09. The Morgan fingerprint density at radius 1 is 1.04 bits per heavy atom. The zero-order valence-corrected chi connectivity index (χ0v) is 14.9. The Labute approximate surface area is 152 Å². The number of likely N-dealkylation sites (N-methyl/N-ethyl adjacent to an activating group) is 1. The first-order chi connectivity index (χ1) is 12.1. The fraction of sp³-hybridized carbons (Fsp3) is 0.238. The number of aromatic nitrogens is 1. The minimum absolute atomic E-state index is 0.213. The molecule has 1 aliphatic rings. The van der Waals surface area contributed by atoms with E-state index in [2.05, 4.69) is 34.8 Å².